The van der Waals surface area contributed by atoms with Crippen LogP contribution in [0, 0.1) is 11.3 Å². The van der Waals surface area contributed by atoms with Gasteiger partial charge in [-0.15, -0.1) is 5.10 Å². The number of benzene rings is 1. The van der Waals surface area contributed by atoms with Crippen LogP contribution in [0.4, 0.5) is 18.9 Å². The molecule has 0 N–H and O–H groups in total. The predicted octanol–water partition coefficient (Wildman–Crippen LogP) is 3.65. The number of halogens is 3. The zero-order valence-electron chi connectivity index (χ0n) is 15.2. The van der Waals surface area contributed by atoms with E-state index in [0.29, 0.717) is 12.2 Å². The number of tetrazole rings is 1. The van der Waals surface area contributed by atoms with Gasteiger partial charge >= 0.3 is 6.18 Å². The monoisotopic (exact) mass is 378 g/mol. The minimum Gasteiger partial charge on any atom is -0.369 e. The SMILES string of the molecule is CCN(c1ccc(C#N)c(C(F)(F)F)c1)C1CCCC(c2nnnn2C)C1. The number of nitriles is 1. The van der Waals surface area contributed by atoms with Gasteiger partial charge in [-0.2, -0.15) is 18.4 Å². The Kier molecular flexibility index (Phi) is 5.35. The Morgan fingerprint density at radius 3 is 2.70 bits per heavy atom. The Bertz CT molecular complexity index is 838. The summed E-state index contributed by atoms with van der Waals surface area (Å²) in [7, 11) is 1.80. The Hall–Kier alpha value is -2.63. The maximum Gasteiger partial charge on any atom is 0.417 e. The van der Waals surface area contributed by atoms with Crippen LogP contribution in [0.3, 0.4) is 0 Å². The summed E-state index contributed by atoms with van der Waals surface area (Å²) in [6.45, 7) is 2.51. The summed E-state index contributed by atoms with van der Waals surface area (Å²) >= 11 is 0. The molecule has 1 aromatic carbocycles. The van der Waals surface area contributed by atoms with E-state index in [1.54, 1.807) is 23.9 Å². The molecule has 2 atom stereocenters. The summed E-state index contributed by atoms with van der Waals surface area (Å²) in [6, 6.07) is 5.68. The van der Waals surface area contributed by atoms with Gasteiger partial charge in [0.15, 0.2) is 5.82 Å². The average Bonchev–Trinajstić information content (AvgIpc) is 3.08. The zero-order valence-corrected chi connectivity index (χ0v) is 15.2. The van der Waals surface area contributed by atoms with Crippen molar-refractivity contribution in [2.45, 2.75) is 50.7 Å². The Morgan fingerprint density at radius 2 is 2.11 bits per heavy atom. The second-order valence-corrected chi connectivity index (χ2v) is 6.80. The number of hydrogen-bond donors (Lipinski definition) is 0. The fraction of sp³-hybridized carbons (Fsp3) is 0.556. The van der Waals surface area contributed by atoms with Crippen molar-refractivity contribution in [3.05, 3.63) is 35.2 Å². The standard InChI is InChI=1S/C18H21F3N6/c1-3-27(15-8-7-13(11-22)16(10-15)18(19,20)21)14-6-4-5-12(9-14)17-23-24-25-26(17)2/h7-8,10,12,14H,3-6,9H2,1-2H3. The molecule has 27 heavy (non-hydrogen) atoms. The summed E-state index contributed by atoms with van der Waals surface area (Å²) in [5.74, 6) is 0.991. The van der Waals surface area contributed by atoms with Gasteiger partial charge in [-0.1, -0.05) is 6.42 Å². The molecule has 0 radical (unpaired) electrons. The number of nitrogens with zero attached hydrogens (tertiary/aromatic N) is 6. The quantitative estimate of drug-likeness (QED) is 0.812. The molecule has 6 nitrogen and oxygen atoms in total. The number of hydrogen-bond acceptors (Lipinski definition) is 5. The molecule has 0 spiro atoms. The highest BCUT2D eigenvalue weighted by atomic mass is 19.4. The molecule has 9 heteroatoms. The maximum absolute atomic E-state index is 13.3. The van der Waals surface area contributed by atoms with E-state index in [9.17, 15) is 13.2 Å². The Balaban J connectivity index is 1.89. The van der Waals surface area contributed by atoms with Gasteiger partial charge in [0.05, 0.1) is 17.2 Å². The molecule has 1 aromatic heterocycles. The first-order valence-electron chi connectivity index (χ1n) is 8.95. The average molecular weight is 378 g/mol. The lowest BCUT2D eigenvalue weighted by Gasteiger charge is -2.38. The first-order valence-corrected chi connectivity index (χ1v) is 8.95. The molecular formula is C18H21F3N6. The summed E-state index contributed by atoms with van der Waals surface area (Å²) < 4.78 is 41.6. The molecule has 144 valence electrons. The van der Waals surface area contributed by atoms with Gasteiger partial charge in [0.1, 0.15) is 0 Å². The van der Waals surface area contributed by atoms with Crippen molar-refractivity contribution in [2.75, 3.05) is 11.4 Å². The topological polar surface area (TPSA) is 70.6 Å². The molecular weight excluding hydrogens is 357 g/mol. The molecule has 2 unspecified atom stereocenters. The van der Waals surface area contributed by atoms with E-state index in [1.165, 1.54) is 6.07 Å². The van der Waals surface area contributed by atoms with Crippen molar-refractivity contribution in [2.24, 2.45) is 7.05 Å². The van der Waals surface area contributed by atoms with E-state index in [2.05, 4.69) is 15.5 Å². The van der Waals surface area contributed by atoms with Gasteiger partial charge in [-0.05, 0) is 54.8 Å². The van der Waals surface area contributed by atoms with Gasteiger partial charge in [-0.25, -0.2) is 4.68 Å². The van der Waals surface area contributed by atoms with E-state index in [4.69, 9.17) is 5.26 Å². The van der Waals surface area contributed by atoms with Crippen LogP contribution >= 0.6 is 0 Å². The minimum absolute atomic E-state index is 0.0967. The molecule has 1 saturated carbocycles. The third kappa shape index (κ3) is 3.89. The van der Waals surface area contributed by atoms with Crippen molar-refractivity contribution in [3.8, 4) is 6.07 Å². The second kappa shape index (κ2) is 7.55. The molecule has 1 aliphatic carbocycles. The molecule has 0 bridgehead atoms. The molecule has 1 heterocycles. The molecule has 0 aliphatic heterocycles. The van der Waals surface area contributed by atoms with E-state index in [1.807, 2.05) is 11.8 Å². The summed E-state index contributed by atoms with van der Waals surface area (Å²) in [5.41, 5.74) is -0.745. The molecule has 0 amide bonds. The van der Waals surface area contributed by atoms with E-state index < -0.39 is 11.7 Å². The first kappa shape index (κ1) is 19.1. The summed E-state index contributed by atoms with van der Waals surface area (Å²) in [6.07, 6.45) is -0.954. The van der Waals surface area contributed by atoms with E-state index >= 15 is 0 Å². The van der Waals surface area contributed by atoms with Gasteiger partial charge in [0.25, 0.3) is 0 Å². The van der Waals surface area contributed by atoms with Crippen LogP contribution in [0.2, 0.25) is 0 Å². The third-order valence-electron chi connectivity index (χ3n) is 5.21. The lowest BCUT2D eigenvalue weighted by molar-refractivity contribution is -0.137. The number of anilines is 1. The maximum atomic E-state index is 13.3. The van der Waals surface area contributed by atoms with Crippen LogP contribution in [0.15, 0.2) is 18.2 Å². The number of aryl methyl sites for hydroxylation is 1. The summed E-state index contributed by atoms with van der Waals surface area (Å²) in [4.78, 5) is 1.99. The minimum atomic E-state index is -4.56. The van der Waals surface area contributed by atoms with Gasteiger partial charge in [-0.3, -0.25) is 0 Å². The zero-order chi connectivity index (χ0) is 19.6. The lowest BCUT2D eigenvalue weighted by atomic mass is 9.84. The van der Waals surface area contributed by atoms with Crippen molar-refractivity contribution < 1.29 is 13.2 Å². The molecule has 2 aromatic rings. The predicted molar refractivity (Wildman–Crippen MR) is 93.0 cm³/mol. The Labute approximate surface area is 155 Å². The lowest BCUT2D eigenvalue weighted by Crippen LogP contribution is -2.39. The van der Waals surface area contributed by atoms with Gasteiger partial charge in [0.2, 0.25) is 0 Å². The van der Waals surface area contributed by atoms with Crippen molar-refractivity contribution in [1.82, 2.24) is 20.2 Å². The Morgan fingerprint density at radius 1 is 1.33 bits per heavy atom. The highest BCUT2D eigenvalue weighted by Gasteiger charge is 2.35. The van der Waals surface area contributed by atoms with E-state index in [0.717, 1.165) is 37.6 Å². The van der Waals surface area contributed by atoms with Crippen LogP contribution in [-0.2, 0) is 13.2 Å². The normalized spacial score (nSPS) is 20.3. The first-order chi connectivity index (χ1) is 12.8. The number of alkyl halides is 3. The fourth-order valence-corrected chi connectivity index (χ4v) is 3.96. The van der Waals surface area contributed by atoms with Gasteiger partial charge < -0.3 is 4.90 Å². The second-order valence-electron chi connectivity index (χ2n) is 6.80. The van der Waals surface area contributed by atoms with Crippen LogP contribution in [0.25, 0.3) is 0 Å². The molecule has 1 fully saturated rings. The third-order valence-corrected chi connectivity index (χ3v) is 5.21. The summed E-state index contributed by atoms with van der Waals surface area (Å²) in [5, 5.41) is 20.7. The van der Waals surface area contributed by atoms with Crippen LogP contribution in [-0.4, -0.2) is 32.8 Å². The fourth-order valence-electron chi connectivity index (χ4n) is 3.96. The molecule has 3 rings (SSSR count). The van der Waals surface area contributed by atoms with Crippen molar-refractivity contribution in [1.29, 1.82) is 5.26 Å². The largest absolute Gasteiger partial charge is 0.417 e. The van der Waals surface area contributed by atoms with Crippen LogP contribution < -0.4 is 4.90 Å². The number of aromatic nitrogens is 4. The number of rotatable bonds is 4. The van der Waals surface area contributed by atoms with Crippen LogP contribution in [0.1, 0.15) is 55.5 Å². The van der Waals surface area contributed by atoms with Crippen molar-refractivity contribution >= 4 is 5.69 Å². The van der Waals surface area contributed by atoms with Crippen molar-refractivity contribution in [3.63, 3.8) is 0 Å². The van der Waals surface area contributed by atoms with Crippen LogP contribution in [0.5, 0.6) is 0 Å². The molecule has 1 aliphatic rings. The van der Waals surface area contributed by atoms with Gasteiger partial charge in [0, 0.05) is 31.2 Å². The molecule has 0 saturated heterocycles. The van der Waals surface area contributed by atoms with E-state index in [-0.39, 0.29) is 17.5 Å². The highest BCUT2D eigenvalue weighted by Crippen LogP contribution is 2.38. The highest BCUT2D eigenvalue weighted by molar-refractivity contribution is 5.55. The smallest absolute Gasteiger partial charge is 0.369 e.